The molecule has 0 aliphatic heterocycles. The summed E-state index contributed by atoms with van der Waals surface area (Å²) in [6.07, 6.45) is -1.69. The number of likely N-dealkylation sites (N-methyl/N-ethyl adjacent to an activating group) is 1. The highest BCUT2D eigenvalue weighted by molar-refractivity contribution is 6.24. The molecule has 1 amide bonds. The monoisotopic (exact) mass is 445 g/mol. The largest absolute Gasteiger partial charge is 0.508 e. The Morgan fingerprint density at radius 2 is 1.81 bits per heavy atom. The number of primary amides is 1. The number of ketones is 2. The quantitative estimate of drug-likeness (QED) is 0.168. The topological polar surface area (TPSA) is 208 Å². The molecule has 0 radical (unpaired) electrons. The lowest BCUT2D eigenvalue weighted by Gasteiger charge is -2.51. The summed E-state index contributed by atoms with van der Waals surface area (Å²) in [5.74, 6) is -8.16. The summed E-state index contributed by atoms with van der Waals surface area (Å²) in [7, 11) is 2.97. The zero-order chi connectivity index (χ0) is 23.9. The maximum atomic E-state index is 13.6. The number of aromatic hydroxyl groups is 1. The Morgan fingerprint density at radius 3 is 2.38 bits per heavy atom. The van der Waals surface area contributed by atoms with Gasteiger partial charge >= 0.3 is 0 Å². The zero-order valence-electron chi connectivity index (χ0n) is 17.2. The van der Waals surface area contributed by atoms with Gasteiger partial charge in [-0.15, -0.1) is 0 Å². The molecule has 4 rings (SSSR count). The van der Waals surface area contributed by atoms with Crippen LogP contribution in [0.4, 0.5) is 5.69 Å². The van der Waals surface area contributed by atoms with E-state index in [4.69, 9.17) is 11.5 Å². The van der Waals surface area contributed by atoms with Gasteiger partial charge < -0.3 is 37.0 Å². The van der Waals surface area contributed by atoms with Crippen LogP contribution < -0.4 is 11.5 Å². The van der Waals surface area contributed by atoms with Crippen molar-refractivity contribution < 1.29 is 39.9 Å². The molecule has 1 aromatic carbocycles. The number of fused-ring (bicyclic) bond motifs is 3. The average molecular weight is 445 g/mol. The van der Waals surface area contributed by atoms with E-state index in [-0.39, 0.29) is 23.2 Å². The SMILES string of the molecule is CN(C)[C@@H]1C(=O)C(C(N)=O)=C(O)[C@@]2(O)C(=O)C3=C(O)c4c(O)ccc(N)c4[C@@H](O)[C@H]3C[C@@H]12. The molecule has 0 unspecified atom stereocenters. The number of hydrogen-bond donors (Lipinski definition) is 7. The molecule has 1 aromatic rings. The lowest BCUT2D eigenvalue weighted by molar-refractivity contribution is -0.155. The molecule has 5 atom stereocenters. The number of nitrogens with two attached hydrogens (primary N) is 2. The highest BCUT2D eigenvalue weighted by Gasteiger charge is 2.65. The summed E-state index contributed by atoms with van der Waals surface area (Å²) < 4.78 is 0. The first-order valence-corrected chi connectivity index (χ1v) is 9.79. The summed E-state index contributed by atoms with van der Waals surface area (Å²) >= 11 is 0. The Hall–Kier alpha value is -3.41. The van der Waals surface area contributed by atoms with Gasteiger partial charge in [-0.1, -0.05) is 0 Å². The van der Waals surface area contributed by atoms with Crippen molar-refractivity contribution in [2.24, 2.45) is 17.6 Å². The molecular weight excluding hydrogens is 422 g/mol. The standard InChI is InChI=1S/C21H23N3O8/c1-24(2)14-7-5-6-10(16(27)12-9(25)4-3-8(22)11(12)15(6)26)18(29)21(7,32)19(30)13(17(14)28)20(23)31/h3-4,6-7,14-15,25-27,30,32H,5,22H2,1-2H3,(H2,23,31)/t6-,7-,14-,15-,21-/m0/s1. The number of carbonyl (C=O) groups excluding carboxylic acids is 3. The summed E-state index contributed by atoms with van der Waals surface area (Å²) in [4.78, 5) is 39.8. The van der Waals surface area contributed by atoms with Crippen LogP contribution in [0.25, 0.3) is 5.76 Å². The minimum atomic E-state index is -2.76. The van der Waals surface area contributed by atoms with E-state index in [0.717, 1.165) is 0 Å². The lowest BCUT2D eigenvalue weighted by Crippen LogP contribution is -2.66. The van der Waals surface area contributed by atoms with Gasteiger partial charge in [0.1, 0.15) is 22.8 Å². The second-order valence-electron chi connectivity index (χ2n) is 8.57. The molecule has 32 heavy (non-hydrogen) atoms. The van der Waals surface area contributed by atoms with Crippen LogP contribution in [0.2, 0.25) is 0 Å². The molecular formula is C21H23N3O8. The number of nitrogen functional groups attached to an aromatic ring is 1. The summed E-state index contributed by atoms with van der Waals surface area (Å²) in [6, 6.07) is 1.27. The molecule has 11 nitrogen and oxygen atoms in total. The number of carbonyl (C=O) groups is 3. The predicted octanol–water partition coefficient (Wildman–Crippen LogP) is -0.963. The van der Waals surface area contributed by atoms with Gasteiger partial charge in [0.25, 0.3) is 5.91 Å². The van der Waals surface area contributed by atoms with Crippen molar-refractivity contribution in [3.05, 3.63) is 40.2 Å². The third-order valence-corrected chi connectivity index (χ3v) is 6.73. The Bertz CT molecular complexity index is 1150. The van der Waals surface area contributed by atoms with Gasteiger partial charge in [-0.2, -0.15) is 0 Å². The highest BCUT2D eigenvalue weighted by atomic mass is 16.3. The first-order chi connectivity index (χ1) is 14.8. The number of phenols is 1. The number of hydrogen-bond acceptors (Lipinski definition) is 10. The molecule has 1 saturated carbocycles. The summed E-state index contributed by atoms with van der Waals surface area (Å²) in [5, 5.41) is 54.3. The molecule has 170 valence electrons. The number of amides is 1. The number of aliphatic hydroxyl groups excluding tert-OH is 3. The van der Waals surface area contributed by atoms with E-state index < -0.39 is 75.5 Å². The van der Waals surface area contributed by atoms with Gasteiger partial charge in [-0.25, -0.2) is 0 Å². The number of benzene rings is 1. The number of nitrogens with zero attached hydrogens (tertiary/aromatic N) is 1. The van der Waals surface area contributed by atoms with Crippen molar-refractivity contribution in [2.75, 3.05) is 19.8 Å². The van der Waals surface area contributed by atoms with Gasteiger partial charge in [0.15, 0.2) is 11.4 Å². The normalized spacial score (nSPS) is 32.0. The minimum Gasteiger partial charge on any atom is -0.508 e. The third kappa shape index (κ3) is 2.49. The van der Waals surface area contributed by atoms with Crippen molar-refractivity contribution in [1.29, 1.82) is 0 Å². The van der Waals surface area contributed by atoms with Crippen molar-refractivity contribution in [3.63, 3.8) is 0 Å². The predicted molar refractivity (Wildman–Crippen MR) is 110 cm³/mol. The Balaban J connectivity index is 2.03. The molecule has 3 aliphatic carbocycles. The van der Waals surface area contributed by atoms with Crippen LogP contribution >= 0.6 is 0 Å². The number of aliphatic hydroxyl groups is 4. The molecule has 0 heterocycles. The van der Waals surface area contributed by atoms with Crippen LogP contribution in [0.1, 0.15) is 23.7 Å². The molecule has 3 aliphatic rings. The number of rotatable bonds is 2. The van der Waals surface area contributed by atoms with Crippen molar-refractivity contribution in [1.82, 2.24) is 4.90 Å². The van der Waals surface area contributed by atoms with E-state index in [9.17, 15) is 39.9 Å². The average Bonchev–Trinajstić information content (AvgIpc) is 2.69. The van der Waals surface area contributed by atoms with E-state index in [1.807, 2.05) is 0 Å². The number of phenolic OH excluding ortho intramolecular Hbond substituents is 1. The Labute approximate surface area is 181 Å². The van der Waals surface area contributed by atoms with E-state index in [0.29, 0.717) is 0 Å². The molecule has 0 bridgehead atoms. The number of anilines is 1. The van der Waals surface area contributed by atoms with Crippen molar-refractivity contribution in [3.8, 4) is 5.75 Å². The first-order valence-electron chi connectivity index (χ1n) is 9.79. The maximum Gasteiger partial charge on any atom is 0.255 e. The maximum absolute atomic E-state index is 13.6. The second kappa shape index (κ2) is 6.79. The molecule has 11 heteroatoms. The second-order valence-corrected chi connectivity index (χ2v) is 8.57. The number of Topliss-reactive ketones (excluding diaryl/α,β-unsaturated/α-hetero) is 2. The molecule has 1 fully saturated rings. The van der Waals surface area contributed by atoms with Crippen LogP contribution in [0.15, 0.2) is 29.0 Å². The Morgan fingerprint density at radius 1 is 1.19 bits per heavy atom. The highest BCUT2D eigenvalue weighted by Crippen LogP contribution is 2.56. The van der Waals surface area contributed by atoms with Crippen LogP contribution in [-0.4, -0.2) is 73.6 Å². The van der Waals surface area contributed by atoms with Crippen molar-refractivity contribution >= 4 is 28.9 Å². The van der Waals surface area contributed by atoms with E-state index >= 15 is 0 Å². The lowest BCUT2D eigenvalue weighted by atomic mass is 9.57. The van der Waals surface area contributed by atoms with Crippen molar-refractivity contribution in [2.45, 2.75) is 24.2 Å². The summed E-state index contributed by atoms with van der Waals surface area (Å²) in [5.41, 5.74) is 6.88. The fourth-order valence-electron chi connectivity index (χ4n) is 5.31. The fraction of sp³-hybridized carbons (Fsp3) is 0.381. The van der Waals surface area contributed by atoms with Gasteiger partial charge in [0.2, 0.25) is 5.78 Å². The first kappa shape index (κ1) is 21.8. The van der Waals surface area contributed by atoms with E-state index in [1.54, 1.807) is 0 Å². The van der Waals surface area contributed by atoms with E-state index in [1.165, 1.54) is 31.1 Å². The molecule has 0 aromatic heterocycles. The zero-order valence-corrected chi connectivity index (χ0v) is 17.2. The summed E-state index contributed by atoms with van der Waals surface area (Å²) in [6.45, 7) is 0. The van der Waals surface area contributed by atoms with E-state index in [2.05, 4.69) is 0 Å². The van der Waals surface area contributed by atoms with Gasteiger partial charge in [0, 0.05) is 28.7 Å². The van der Waals surface area contributed by atoms with Crippen LogP contribution in [0.3, 0.4) is 0 Å². The third-order valence-electron chi connectivity index (χ3n) is 6.73. The minimum absolute atomic E-state index is 0.00983. The molecule has 0 saturated heterocycles. The van der Waals surface area contributed by atoms with Crippen LogP contribution in [0.5, 0.6) is 5.75 Å². The smallest absolute Gasteiger partial charge is 0.255 e. The van der Waals surface area contributed by atoms with Gasteiger partial charge in [-0.3, -0.25) is 19.3 Å². The Kier molecular flexibility index (Phi) is 4.63. The van der Waals surface area contributed by atoms with Gasteiger partial charge in [-0.05, 0) is 32.6 Å². The molecule has 9 N–H and O–H groups in total. The van der Waals surface area contributed by atoms with Gasteiger partial charge in [0.05, 0.1) is 17.7 Å². The molecule has 0 spiro atoms. The van der Waals surface area contributed by atoms with Crippen LogP contribution in [0, 0.1) is 11.8 Å². The van der Waals surface area contributed by atoms with Crippen LogP contribution in [-0.2, 0) is 14.4 Å². The fourth-order valence-corrected chi connectivity index (χ4v) is 5.31.